The Morgan fingerprint density at radius 1 is 1.44 bits per heavy atom. The third kappa shape index (κ3) is 4.71. The highest BCUT2D eigenvalue weighted by Crippen LogP contribution is 2.32. The summed E-state index contributed by atoms with van der Waals surface area (Å²) < 4.78 is 0. The molecule has 3 nitrogen and oxygen atoms in total. The molecule has 1 rings (SSSR count). The summed E-state index contributed by atoms with van der Waals surface area (Å²) in [6.45, 7) is 9.07. The van der Waals surface area contributed by atoms with Crippen LogP contribution in [-0.4, -0.2) is 34.6 Å². The Bertz CT molecular complexity index is 231. The van der Waals surface area contributed by atoms with Crippen molar-refractivity contribution in [3.63, 3.8) is 0 Å². The molecule has 1 unspecified atom stereocenters. The first-order valence-electron chi connectivity index (χ1n) is 5.88. The number of halogens is 1. The SMILES string of the molecule is CC1CN(CCCCC(=O)O)C(C)(C)C1.Cl. The van der Waals surface area contributed by atoms with Crippen LogP contribution in [0.2, 0.25) is 0 Å². The number of nitrogens with zero attached hydrogens (tertiary/aromatic N) is 1. The fraction of sp³-hybridized carbons (Fsp3) is 0.917. The van der Waals surface area contributed by atoms with Crippen LogP contribution < -0.4 is 0 Å². The first kappa shape index (κ1) is 15.7. The molecule has 96 valence electrons. The number of hydrogen-bond donors (Lipinski definition) is 1. The van der Waals surface area contributed by atoms with Crippen molar-refractivity contribution in [2.45, 2.75) is 52.0 Å². The summed E-state index contributed by atoms with van der Waals surface area (Å²) >= 11 is 0. The van der Waals surface area contributed by atoms with Crippen LogP contribution in [-0.2, 0) is 4.79 Å². The van der Waals surface area contributed by atoms with E-state index >= 15 is 0 Å². The lowest BCUT2D eigenvalue weighted by molar-refractivity contribution is -0.137. The maximum Gasteiger partial charge on any atom is 0.303 e. The van der Waals surface area contributed by atoms with E-state index in [1.807, 2.05) is 0 Å². The van der Waals surface area contributed by atoms with Crippen LogP contribution in [0.3, 0.4) is 0 Å². The minimum absolute atomic E-state index is 0. The predicted octanol–water partition coefficient (Wildman–Crippen LogP) is 2.78. The first-order chi connectivity index (χ1) is 6.92. The van der Waals surface area contributed by atoms with Crippen molar-refractivity contribution in [3.8, 4) is 0 Å². The lowest BCUT2D eigenvalue weighted by Crippen LogP contribution is -2.38. The van der Waals surface area contributed by atoms with Crippen molar-refractivity contribution in [2.75, 3.05) is 13.1 Å². The molecule has 4 heteroatoms. The molecule has 0 aromatic carbocycles. The van der Waals surface area contributed by atoms with Crippen molar-refractivity contribution in [2.24, 2.45) is 5.92 Å². The molecule has 0 amide bonds. The molecule has 1 aliphatic heterocycles. The van der Waals surface area contributed by atoms with Crippen LogP contribution >= 0.6 is 12.4 Å². The second kappa shape index (κ2) is 6.45. The minimum Gasteiger partial charge on any atom is -0.481 e. The van der Waals surface area contributed by atoms with Crippen LogP contribution in [0.4, 0.5) is 0 Å². The Labute approximate surface area is 105 Å². The molecule has 1 atom stereocenters. The molecule has 16 heavy (non-hydrogen) atoms. The fourth-order valence-electron chi connectivity index (χ4n) is 2.64. The van der Waals surface area contributed by atoms with E-state index in [1.54, 1.807) is 0 Å². The van der Waals surface area contributed by atoms with Gasteiger partial charge in [0.25, 0.3) is 0 Å². The average molecular weight is 250 g/mol. The highest BCUT2D eigenvalue weighted by atomic mass is 35.5. The number of hydrogen-bond acceptors (Lipinski definition) is 2. The van der Waals surface area contributed by atoms with E-state index in [9.17, 15) is 4.79 Å². The zero-order chi connectivity index (χ0) is 11.5. The van der Waals surface area contributed by atoms with E-state index in [4.69, 9.17) is 5.11 Å². The zero-order valence-corrected chi connectivity index (χ0v) is 11.3. The van der Waals surface area contributed by atoms with Gasteiger partial charge in [-0.05, 0) is 45.6 Å². The molecular formula is C12H24ClNO2. The molecule has 0 aromatic heterocycles. The molecule has 1 N–H and O–H groups in total. The quantitative estimate of drug-likeness (QED) is 0.762. The second-order valence-corrected chi connectivity index (χ2v) is 5.42. The summed E-state index contributed by atoms with van der Waals surface area (Å²) in [5, 5.41) is 8.54. The molecule has 1 heterocycles. The Hall–Kier alpha value is -0.280. The highest BCUT2D eigenvalue weighted by Gasteiger charge is 2.35. The molecule has 0 radical (unpaired) electrons. The number of carboxylic acid groups (broad SMARTS) is 1. The molecule has 1 aliphatic rings. The molecule has 0 aliphatic carbocycles. The van der Waals surface area contributed by atoms with E-state index < -0.39 is 5.97 Å². The topological polar surface area (TPSA) is 40.5 Å². The summed E-state index contributed by atoms with van der Waals surface area (Å²) in [7, 11) is 0. The van der Waals surface area contributed by atoms with Gasteiger partial charge in [-0.25, -0.2) is 0 Å². The number of carbonyl (C=O) groups is 1. The lowest BCUT2D eigenvalue weighted by atomic mass is 9.97. The van der Waals surface area contributed by atoms with E-state index in [-0.39, 0.29) is 12.4 Å². The third-order valence-corrected chi connectivity index (χ3v) is 3.30. The highest BCUT2D eigenvalue weighted by molar-refractivity contribution is 5.85. The van der Waals surface area contributed by atoms with Crippen molar-refractivity contribution in [1.82, 2.24) is 4.90 Å². The minimum atomic E-state index is -0.677. The Kier molecular flexibility index (Phi) is 6.34. The molecule has 0 bridgehead atoms. The Balaban J connectivity index is 0.00000225. The predicted molar refractivity (Wildman–Crippen MR) is 68.2 cm³/mol. The smallest absolute Gasteiger partial charge is 0.303 e. The standard InChI is InChI=1S/C12H23NO2.ClH/c1-10-8-12(2,3)13(9-10)7-5-4-6-11(14)15;/h10H,4-9H2,1-3H3,(H,14,15);1H. The largest absolute Gasteiger partial charge is 0.481 e. The van der Waals surface area contributed by atoms with Gasteiger partial charge >= 0.3 is 5.97 Å². The summed E-state index contributed by atoms with van der Waals surface area (Å²) in [6.07, 6.45) is 3.37. The number of rotatable bonds is 5. The van der Waals surface area contributed by atoms with Crippen LogP contribution in [0.1, 0.15) is 46.5 Å². The number of carboxylic acids is 1. The van der Waals surface area contributed by atoms with Gasteiger partial charge in [0.1, 0.15) is 0 Å². The summed E-state index contributed by atoms with van der Waals surface area (Å²) in [5.74, 6) is 0.100. The third-order valence-electron chi connectivity index (χ3n) is 3.30. The Morgan fingerprint density at radius 3 is 2.50 bits per heavy atom. The van der Waals surface area contributed by atoms with E-state index in [2.05, 4.69) is 25.7 Å². The van der Waals surface area contributed by atoms with Gasteiger partial charge in [-0.2, -0.15) is 0 Å². The van der Waals surface area contributed by atoms with Crippen LogP contribution in [0.25, 0.3) is 0 Å². The van der Waals surface area contributed by atoms with Gasteiger partial charge in [0, 0.05) is 18.5 Å². The zero-order valence-electron chi connectivity index (χ0n) is 10.5. The van der Waals surface area contributed by atoms with Gasteiger partial charge in [-0.1, -0.05) is 6.92 Å². The van der Waals surface area contributed by atoms with Crippen molar-refractivity contribution in [1.29, 1.82) is 0 Å². The molecule has 0 spiro atoms. The number of unbranched alkanes of at least 4 members (excludes halogenated alkanes) is 1. The van der Waals surface area contributed by atoms with Crippen molar-refractivity contribution < 1.29 is 9.90 Å². The van der Waals surface area contributed by atoms with Gasteiger partial charge in [0.05, 0.1) is 0 Å². The maximum atomic E-state index is 10.4. The van der Waals surface area contributed by atoms with Gasteiger partial charge < -0.3 is 5.11 Å². The van der Waals surface area contributed by atoms with Crippen LogP contribution in [0.15, 0.2) is 0 Å². The molecule has 1 saturated heterocycles. The summed E-state index contributed by atoms with van der Waals surface area (Å²) in [4.78, 5) is 12.9. The van der Waals surface area contributed by atoms with Crippen molar-refractivity contribution >= 4 is 18.4 Å². The van der Waals surface area contributed by atoms with E-state index in [0.717, 1.165) is 25.3 Å². The summed E-state index contributed by atoms with van der Waals surface area (Å²) in [5.41, 5.74) is 0.308. The van der Waals surface area contributed by atoms with Gasteiger partial charge in [0.2, 0.25) is 0 Å². The van der Waals surface area contributed by atoms with Crippen LogP contribution in [0, 0.1) is 5.92 Å². The lowest BCUT2D eigenvalue weighted by Gasteiger charge is -2.31. The fourth-order valence-corrected chi connectivity index (χ4v) is 2.64. The maximum absolute atomic E-state index is 10.4. The monoisotopic (exact) mass is 249 g/mol. The normalized spacial score (nSPS) is 24.1. The first-order valence-corrected chi connectivity index (χ1v) is 5.88. The average Bonchev–Trinajstić information content (AvgIpc) is 2.33. The van der Waals surface area contributed by atoms with Crippen LogP contribution in [0.5, 0.6) is 0 Å². The van der Waals surface area contributed by atoms with Crippen molar-refractivity contribution in [3.05, 3.63) is 0 Å². The molecule has 1 fully saturated rings. The molecule has 0 aromatic rings. The summed E-state index contributed by atoms with van der Waals surface area (Å²) in [6, 6.07) is 0. The number of likely N-dealkylation sites (tertiary alicyclic amines) is 1. The number of aliphatic carboxylic acids is 1. The van der Waals surface area contributed by atoms with E-state index in [1.165, 1.54) is 13.0 Å². The molecule has 0 saturated carbocycles. The van der Waals surface area contributed by atoms with E-state index in [0.29, 0.717) is 12.0 Å². The Morgan fingerprint density at radius 2 is 2.06 bits per heavy atom. The van der Waals surface area contributed by atoms with Gasteiger partial charge in [-0.3, -0.25) is 9.69 Å². The molecular weight excluding hydrogens is 226 g/mol. The van der Waals surface area contributed by atoms with Gasteiger partial charge in [0.15, 0.2) is 0 Å². The second-order valence-electron chi connectivity index (χ2n) is 5.42. The van der Waals surface area contributed by atoms with Gasteiger partial charge in [-0.15, -0.1) is 12.4 Å².